The predicted octanol–water partition coefficient (Wildman–Crippen LogP) is 1.54. The van der Waals surface area contributed by atoms with Crippen molar-refractivity contribution in [3.63, 3.8) is 0 Å². The van der Waals surface area contributed by atoms with Crippen molar-refractivity contribution in [3.05, 3.63) is 29.8 Å². The topological polar surface area (TPSA) is 9.23 Å². The molecule has 0 saturated carbocycles. The van der Waals surface area contributed by atoms with E-state index in [0.717, 1.165) is 15.1 Å². The molecule has 0 aliphatic rings. The van der Waals surface area contributed by atoms with Gasteiger partial charge in [-0.1, -0.05) is 0 Å². The summed E-state index contributed by atoms with van der Waals surface area (Å²) in [6.45, 7) is 0. The van der Waals surface area contributed by atoms with Crippen LogP contribution in [0.5, 0.6) is 5.75 Å². The molecule has 3 heteroatoms. The second-order valence-corrected chi connectivity index (χ2v) is 3.86. The molecule has 0 amide bonds. The number of hydrogen-bond donors (Lipinski definition) is 0. The summed E-state index contributed by atoms with van der Waals surface area (Å²) in [6, 6.07) is 7.63. The summed E-state index contributed by atoms with van der Waals surface area (Å²) in [7, 11) is 1.64. The van der Waals surface area contributed by atoms with Gasteiger partial charge in [0.05, 0.1) is 0 Å². The molecule has 0 unspecified atom stereocenters. The van der Waals surface area contributed by atoms with Gasteiger partial charge in [0.25, 0.3) is 0 Å². The van der Waals surface area contributed by atoms with E-state index in [2.05, 4.69) is 16.0 Å². The second-order valence-electron chi connectivity index (χ2n) is 2.02. The summed E-state index contributed by atoms with van der Waals surface area (Å²) in [5, 5.41) is 0. The van der Waals surface area contributed by atoms with Crippen molar-refractivity contribution in [1.82, 2.24) is 0 Å². The molecule has 1 aromatic carbocycles. The van der Waals surface area contributed by atoms with Crippen LogP contribution in [0, 0.1) is 0 Å². The molecule has 1 nitrogen and oxygen atoms in total. The molecular weight excluding hydrogens is 223 g/mol. The molecule has 0 atom stereocenters. The van der Waals surface area contributed by atoms with Gasteiger partial charge in [0, 0.05) is 0 Å². The second kappa shape index (κ2) is 3.86. The summed E-state index contributed by atoms with van der Waals surface area (Å²) < 4.78 is 5.78. The van der Waals surface area contributed by atoms with Crippen LogP contribution in [0.15, 0.2) is 24.3 Å². The van der Waals surface area contributed by atoms with Gasteiger partial charge >= 0.3 is 79.4 Å². The summed E-state index contributed by atoms with van der Waals surface area (Å²) >= 11 is 7.73. The molecule has 0 aliphatic heterocycles. The van der Waals surface area contributed by atoms with Crippen LogP contribution in [-0.2, 0) is 0 Å². The van der Waals surface area contributed by atoms with Crippen LogP contribution in [0.3, 0.4) is 0 Å². The molecule has 0 aromatic heterocycles. The molecular formula is C8H7OSSe-. The van der Waals surface area contributed by atoms with Crippen LogP contribution in [0.1, 0.15) is 5.56 Å². The van der Waals surface area contributed by atoms with Gasteiger partial charge in [-0.05, 0) is 0 Å². The molecule has 0 aliphatic carbocycles. The van der Waals surface area contributed by atoms with Crippen molar-refractivity contribution in [2.45, 2.75) is 0 Å². The average Bonchev–Trinajstić information content (AvgIpc) is 2.05. The zero-order valence-electron chi connectivity index (χ0n) is 6.03. The van der Waals surface area contributed by atoms with Gasteiger partial charge in [-0.15, -0.1) is 0 Å². The molecule has 0 saturated heterocycles. The third-order valence-electron chi connectivity index (χ3n) is 1.33. The number of rotatable bonds is 2. The van der Waals surface area contributed by atoms with Gasteiger partial charge in [-0.3, -0.25) is 0 Å². The van der Waals surface area contributed by atoms with E-state index in [1.807, 2.05) is 24.3 Å². The van der Waals surface area contributed by atoms with Gasteiger partial charge in [0.1, 0.15) is 0 Å². The van der Waals surface area contributed by atoms with Crippen molar-refractivity contribution in [2.75, 3.05) is 7.11 Å². The summed E-state index contributed by atoms with van der Waals surface area (Å²) in [6.07, 6.45) is 0. The van der Waals surface area contributed by atoms with Gasteiger partial charge in [0.15, 0.2) is 0 Å². The van der Waals surface area contributed by atoms with Crippen LogP contribution in [0.4, 0.5) is 0 Å². The Balaban J connectivity index is 2.91. The van der Waals surface area contributed by atoms with Crippen molar-refractivity contribution < 1.29 is 4.74 Å². The SMILES string of the molecule is COc1ccc(C(=S)[Se-])cc1. The summed E-state index contributed by atoms with van der Waals surface area (Å²) in [5.41, 5.74) is 1.03. The average molecular weight is 230 g/mol. The Morgan fingerprint density at radius 1 is 1.36 bits per heavy atom. The van der Waals surface area contributed by atoms with Crippen LogP contribution in [0.2, 0.25) is 0 Å². The van der Waals surface area contributed by atoms with Crippen LogP contribution in [-0.4, -0.2) is 26.9 Å². The molecule has 0 bridgehead atoms. The quantitative estimate of drug-likeness (QED) is 0.563. The molecule has 0 N–H and O–H groups in total. The van der Waals surface area contributed by atoms with E-state index in [0.29, 0.717) is 0 Å². The number of hydrogen-bond acceptors (Lipinski definition) is 2. The number of ether oxygens (including phenoxy) is 1. The van der Waals surface area contributed by atoms with E-state index in [4.69, 9.17) is 17.0 Å². The standard InChI is InChI=1S/C8H8OSSe/c1-9-7-4-2-6(3-5-7)8(10)11/h2-5H,1H3,(H,10,11)/p-1. The van der Waals surface area contributed by atoms with Gasteiger partial charge in [-0.2, -0.15) is 0 Å². The van der Waals surface area contributed by atoms with Gasteiger partial charge in [-0.25, -0.2) is 0 Å². The van der Waals surface area contributed by atoms with E-state index < -0.39 is 0 Å². The van der Waals surface area contributed by atoms with Crippen molar-refractivity contribution in [1.29, 1.82) is 0 Å². The number of thiocarbonyl (C=S) groups is 1. The Labute approximate surface area is 79.6 Å². The zero-order chi connectivity index (χ0) is 8.27. The summed E-state index contributed by atoms with van der Waals surface area (Å²) in [5.74, 6) is 0.852. The molecule has 0 fully saturated rings. The first-order valence-corrected chi connectivity index (χ1v) is 4.36. The van der Waals surface area contributed by atoms with Crippen molar-refractivity contribution in [2.24, 2.45) is 0 Å². The van der Waals surface area contributed by atoms with Crippen LogP contribution >= 0.6 is 12.2 Å². The van der Waals surface area contributed by atoms with E-state index in [-0.39, 0.29) is 0 Å². The Kier molecular flexibility index (Phi) is 3.06. The molecule has 1 aromatic rings. The third-order valence-corrected chi connectivity index (χ3v) is 2.06. The van der Waals surface area contributed by atoms with Gasteiger partial charge < -0.3 is 0 Å². The molecule has 58 valence electrons. The van der Waals surface area contributed by atoms with E-state index in [1.54, 1.807) is 7.11 Å². The Bertz CT molecular complexity index is 255. The third kappa shape index (κ3) is 2.29. The predicted molar refractivity (Wildman–Crippen MR) is 50.4 cm³/mol. The van der Waals surface area contributed by atoms with Crippen LogP contribution < -0.4 is 4.74 Å². The normalized spacial score (nSPS) is 9.18. The van der Waals surface area contributed by atoms with Gasteiger partial charge in [0.2, 0.25) is 0 Å². The Morgan fingerprint density at radius 2 is 1.91 bits per heavy atom. The Morgan fingerprint density at radius 3 is 2.27 bits per heavy atom. The molecule has 0 radical (unpaired) electrons. The van der Waals surface area contributed by atoms with Crippen LogP contribution in [0.25, 0.3) is 0 Å². The fourth-order valence-electron chi connectivity index (χ4n) is 0.727. The first kappa shape index (κ1) is 8.72. The fraction of sp³-hybridized carbons (Fsp3) is 0.125. The molecule has 0 heterocycles. The van der Waals surface area contributed by atoms with E-state index >= 15 is 0 Å². The molecule has 11 heavy (non-hydrogen) atoms. The van der Waals surface area contributed by atoms with Crippen molar-refractivity contribution in [3.8, 4) is 5.75 Å². The fourth-order valence-corrected chi connectivity index (χ4v) is 1.15. The first-order chi connectivity index (χ1) is 5.24. The minimum atomic E-state index is 0.785. The molecule has 0 spiro atoms. The Hall–Kier alpha value is -0.371. The molecule has 1 rings (SSSR count). The maximum atomic E-state index is 5.00. The van der Waals surface area contributed by atoms with E-state index in [1.165, 1.54) is 0 Å². The number of methoxy groups -OCH3 is 1. The first-order valence-electron chi connectivity index (χ1n) is 3.09. The van der Waals surface area contributed by atoms with Crippen molar-refractivity contribution >= 4 is 32.0 Å². The maximum absolute atomic E-state index is 5.00. The zero-order valence-corrected chi connectivity index (χ0v) is 8.56. The summed E-state index contributed by atoms with van der Waals surface area (Å²) in [4.78, 5) is 0. The monoisotopic (exact) mass is 231 g/mol. The number of benzene rings is 1. The minimum absolute atomic E-state index is 0.785. The van der Waals surface area contributed by atoms with E-state index in [9.17, 15) is 0 Å².